The third kappa shape index (κ3) is 5.58. The zero-order valence-electron chi connectivity index (χ0n) is 14.5. The number of nitrogens with one attached hydrogen (secondary N) is 1. The van der Waals surface area contributed by atoms with Crippen molar-refractivity contribution in [2.24, 2.45) is 0 Å². The lowest BCUT2D eigenvalue weighted by atomic mass is 10.0. The lowest BCUT2D eigenvalue weighted by molar-refractivity contribution is -0.137. The number of ether oxygens (including phenoxy) is 1. The second-order valence-corrected chi connectivity index (χ2v) is 5.85. The number of carboxylic acid groups (broad SMARTS) is 1. The van der Waals surface area contributed by atoms with Crippen molar-refractivity contribution < 1.29 is 23.8 Å². The van der Waals surface area contributed by atoms with E-state index in [2.05, 4.69) is 5.32 Å². The third-order valence-electron chi connectivity index (χ3n) is 3.93. The van der Waals surface area contributed by atoms with Crippen LogP contribution in [0.1, 0.15) is 37.8 Å². The van der Waals surface area contributed by atoms with Gasteiger partial charge < -0.3 is 15.2 Å². The van der Waals surface area contributed by atoms with Crippen molar-refractivity contribution in [2.45, 2.75) is 38.3 Å². The molecule has 0 heterocycles. The van der Waals surface area contributed by atoms with Gasteiger partial charge in [0.25, 0.3) is 5.91 Å². The highest BCUT2D eigenvalue weighted by molar-refractivity contribution is 5.81. The van der Waals surface area contributed by atoms with E-state index in [0.29, 0.717) is 6.42 Å². The third-order valence-corrected chi connectivity index (χ3v) is 3.93. The van der Waals surface area contributed by atoms with Gasteiger partial charge in [-0.15, -0.1) is 0 Å². The van der Waals surface area contributed by atoms with Gasteiger partial charge in [0.15, 0.2) is 17.7 Å². The summed E-state index contributed by atoms with van der Waals surface area (Å²) in [6, 6.07) is 14.6. The Hall–Kier alpha value is -2.89. The Balaban J connectivity index is 2.10. The number of hydrogen-bond acceptors (Lipinski definition) is 3. The van der Waals surface area contributed by atoms with Crippen LogP contribution in [0.3, 0.4) is 0 Å². The molecule has 2 unspecified atom stereocenters. The molecule has 2 atom stereocenters. The fourth-order valence-corrected chi connectivity index (χ4v) is 2.56. The van der Waals surface area contributed by atoms with Gasteiger partial charge in [-0.1, -0.05) is 49.4 Å². The molecular formula is C20H22FNO4. The van der Waals surface area contributed by atoms with Crippen molar-refractivity contribution in [2.75, 3.05) is 0 Å². The van der Waals surface area contributed by atoms with E-state index in [-0.39, 0.29) is 18.6 Å². The van der Waals surface area contributed by atoms with Crippen LogP contribution >= 0.6 is 0 Å². The van der Waals surface area contributed by atoms with Gasteiger partial charge in [0.05, 0.1) is 6.04 Å². The summed E-state index contributed by atoms with van der Waals surface area (Å²) in [4.78, 5) is 23.5. The van der Waals surface area contributed by atoms with Crippen LogP contribution in [0.4, 0.5) is 4.39 Å². The first-order valence-corrected chi connectivity index (χ1v) is 8.49. The number of amides is 1. The van der Waals surface area contributed by atoms with Crippen molar-refractivity contribution in [3.8, 4) is 5.75 Å². The zero-order valence-corrected chi connectivity index (χ0v) is 14.5. The number of carbonyl (C=O) groups excluding carboxylic acids is 1. The molecular weight excluding hydrogens is 337 g/mol. The molecule has 0 aromatic heterocycles. The molecule has 0 fully saturated rings. The summed E-state index contributed by atoms with van der Waals surface area (Å²) in [7, 11) is 0. The summed E-state index contributed by atoms with van der Waals surface area (Å²) in [6.07, 6.45) is -0.352. The molecule has 2 aromatic rings. The Morgan fingerprint density at radius 3 is 2.38 bits per heavy atom. The Bertz CT molecular complexity index is 736. The summed E-state index contributed by atoms with van der Waals surface area (Å²) in [5.41, 5.74) is 0.808. The van der Waals surface area contributed by atoms with Crippen LogP contribution in [0, 0.1) is 5.82 Å². The highest BCUT2D eigenvalue weighted by Crippen LogP contribution is 2.21. The second kappa shape index (κ2) is 9.56. The molecule has 26 heavy (non-hydrogen) atoms. The number of carboxylic acids is 1. The number of carbonyl (C=O) groups is 2. The molecule has 5 nitrogen and oxygen atoms in total. The minimum Gasteiger partial charge on any atom is -0.481 e. The highest BCUT2D eigenvalue weighted by Gasteiger charge is 2.24. The first-order chi connectivity index (χ1) is 12.5. The maximum absolute atomic E-state index is 13.8. The standard InChI is InChI=1S/C20H22FNO4/c1-2-17(26-18-11-7-6-10-15(18)21)20(25)22-16(12-13-19(23)24)14-8-4-3-5-9-14/h3-11,16-17H,2,12-13H2,1H3,(H,22,25)(H,23,24). The molecule has 0 radical (unpaired) electrons. The van der Waals surface area contributed by atoms with Crippen molar-refractivity contribution in [1.29, 1.82) is 0 Å². The summed E-state index contributed by atoms with van der Waals surface area (Å²) in [6.45, 7) is 1.76. The number of para-hydroxylation sites is 1. The maximum atomic E-state index is 13.8. The van der Waals surface area contributed by atoms with Gasteiger partial charge >= 0.3 is 5.97 Å². The highest BCUT2D eigenvalue weighted by atomic mass is 19.1. The van der Waals surface area contributed by atoms with Crippen molar-refractivity contribution in [3.63, 3.8) is 0 Å². The Morgan fingerprint density at radius 2 is 1.77 bits per heavy atom. The van der Waals surface area contributed by atoms with E-state index in [1.807, 2.05) is 30.3 Å². The quantitative estimate of drug-likeness (QED) is 0.716. The zero-order chi connectivity index (χ0) is 18.9. The minimum absolute atomic E-state index is 0.0105. The number of hydrogen-bond donors (Lipinski definition) is 2. The van der Waals surface area contributed by atoms with E-state index >= 15 is 0 Å². The van der Waals surface area contributed by atoms with Crippen LogP contribution in [0.5, 0.6) is 5.75 Å². The maximum Gasteiger partial charge on any atom is 0.303 e. The van der Waals surface area contributed by atoms with Crippen LogP contribution in [0.15, 0.2) is 54.6 Å². The first-order valence-electron chi connectivity index (χ1n) is 8.49. The number of benzene rings is 2. The molecule has 6 heteroatoms. The monoisotopic (exact) mass is 359 g/mol. The van der Waals surface area contributed by atoms with E-state index < -0.39 is 29.8 Å². The van der Waals surface area contributed by atoms with Gasteiger partial charge in [-0.05, 0) is 30.5 Å². The summed E-state index contributed by atoms with van der Waals surface area (Å²) in [5, 5.41) is 11.8. The molecule has 2 aromatic carbocycles. The van der Waals surface area contributed by atoms with Crippen molar-refractivity contribution >= 4 is 11.9 Å². The van der Waals surface area contributed by atoms with Crippen molar-refractivity contribution in [1.82, 2.24) is 5.32 Å². The Kier molecular flexibility index (Phi) is 7.14. The largest absolute Gasteiger partial charge is 0.481 e. The summed E-state index contributed by atoms with van der Waals surface area (Å²) < 4.78 is 19.3. The SMILES string of the molecule is CCC(Oc1ccccc1F)C(=O)NC(CCC(=O)O)c1ccccc1. The molecule has 0 bridgehead atoms. The van der Waals surface area contributed by atoms with Crippen LogP contribution in [-0.4, -0.2) is 23.1 Å². The van der Waals surface area contributed by atoms with Gasteiger partial charge in [0, 0.05) is 6.42 Å². The van der Waals surface area contributed by atoms with Crippen LogP contribution in [0.25, 0.3) is 0 Å². The van der Waals surface area contributed by atoms with Gasteiger partial charge in [0.1, 0.15) is 0 Å². The van der Waals surface area contributed by atoms with Crippen LogP contribution in [0.2, 0.25) is 0 Å². The Morgan fingerprint density at radius 1 is 1.12 bits per heavy atom. The Labute approximate surface area is 151 Å². The van der Waals surface area contributed by atoms with E-state index in [1.165, 1.54) is 12.1 Å². The fraction of sp³-hybridized carbons (Fsp3) is 0.300. The lowest BCUT2D eigenvalue weighted by Gasteiger charge is -2.23. The molecule has 0 aliphatic heterocycles. The second-order valence-electron chi connectivity index (χ2n) is 5.85. The van der Waals surface area contributed by atoms with Gasteiger partial charge in [0.2, 0.25) is 0 Å². The predicted octanol–water partition coefficient (Wildman–Crippen LogP) is 3.71. The summed E-state index contributed by atoms with van der Waals surface area (Å²) in [5.74, 6) is -1.87. The van der Waals surface area contributed by atoms with E-state index in [4.69, 9.17) is 9.84 Å². The predicted molar refractivity (Wildman–Crippen MR) is 95.3 cm³/mol. The molecule has 2 rings (SSSR count). The first kappa shape index (κ1) is 19.4. The van der Waals surface area contributed by atoms with Crippen LogP contribution < -0.4 is 10.1 Å². The molecule has 2 N–H and O–H groups in total. The fourth-order valence-electron chi connectivity index (χ4n) is 2.56. The van der Waals surface area contributed by atoms with Gasteiger partial charge in [-0.3, -0.25) is 9.59 Å². The number of rotatable bonds is 9. The molecule has 1 amide bonds. The van der Waals surface area contributed by atoms with Crippen LogP contribution in [-0.2, 0) is 9.59 Å². The average molecular weight is 359 g/mol. The van der Waals surface area contributed by atoms with E-state index in [1.54, 1.807) is 19.1 Å². The number of aliphatic carboxylic acids is 1. The van der Waals surface area contributed by atoms with Gasteiger partial charge in [-0.25, -0.2) is 4.39 Å². The van der Waals surface area contributed by atoms with E-state index in [0.717, 1.165) is 5.56 Å². The molecule has 0 aliphatic rings. The molecule has 0 aliphatic carbocycles. The molecule has 0 spiro atoms. The minimum atomic E-state index is -0.935. The van der Waals surface area contributed by atoms with E-state index in [9.17, 15) is 14.0 Å². The molecule has 0 saturated carbocycles. The average Bonchev–Trinajstić information content (AvgIpc) is 2.64. The smallest absolute Gasteiger partial charge is 0.303 e. The molecule has 138 valence electrons. The topological polar surface area (TPSA) is 75.6 Å². The summed E-state index contributed by atoms with van der Waals surface area (Å²) >= 11 is 0. The normalized spacial score (nSPS) is 12.8. The van der Waals surface area contributed by atoms with Gasteiger partial charge in [-0.2, -0.15) is 0 Å². The number of halogens is 1. The van der Waals surface area contributed by atoms with Crippen molar-refractivity contribution in [3.05, 3.63) is 66.0 Å². The lowest BCUT2D eigenvalue weighted by Crippen LogP contribution is -2.40. The molecule has 0 saturated heterocycles.